The molecule has 0 bridgehead atoms. The first kappa shape index (κ1) is 7.56. The van der Waals surface area contributed by atoms with E-state index in [1.54, 1.807) is 0 Å². The number of aromatic nitrogens is 1. The van der Waals surface area contributed by atoms with Crippen LogP contribution >= 0.6 is 0 Å². The topological polar surface area (TPSA) is 22.1 Å². The third-order valence-corrected chi connectivity index (χ3v) is 2.33. The van der Waals surface area contributed by atoms with Gasteiger partial charge in [0.25, 0.3) is 0 Å². The number of rotatable bonds is 0. The largest absolute Gasteiger partial charge is 0.487 e. The monoisotopic (exact) mass is 183 g/mol. The van der Waals surface area contributed by atoms with E-state index in [2.05, 4.69) is 4.98 Å². The molecule has 1 aliphatic heterocycles. The molecular formula is C12H9NO. The molecule has 0 fully saturated rings. The Labute approximate surface area is 81.8 Å². The molecule has 0 saturated carbocycles. The number of hydrogen-bond acceptors (Lipinski definition) is 2. The van der Waals surface area contributed by atoms with E-state index < -0.39 is 0 Å². The van der Waals surface area contributed by atoms with Crippen molar-refractivity contribution in [3.05, 3.63) is 42.1 Å². The lowest BCUT2D eigenvalue weighted by atomic mass is 10.1. The molecule has 0 saturated heterocycles. The van der Waals surface area contributed by atoms with E-state index >= 15 is 0 Å². The van der Waals surface area contributed by atoms with Crippen molar-refractivity contribution < 1.29 is 4.74 Å². The summed E-state index contributed by atoms with van der Waals surface area (Å²) in [7, 11) is 0. The maximum absolute atomic E-state index is 5.48. The average Bonchev–Trinajstić information content (AvgIpc) is 2.26. The predicted octanol–water partition coefficient (Wildman–Crippen LogP) is 2.64. The van der Waals surface area contributed by atoms with Gasteiger partial charge in [0, 0.05) is 5.39 Å². The highest BCUT2D eigenvalue weighted by Crippen LogP contribution is 2.25. The molecule has 68 valence electrons. The molecule has 14 heavy (non-hydrogen) atoms. The van der Waals surface area contributed by atoms with E-state index in [0.717, 1.165) is 22.3 Å². The van der Waals surface area contributed by atoms with E-state index in [0.29, 0.717) is 6.61 Å². The predicted molar refractivity (Wildman–Crippen MR) is 56.3 cm³/mol. The molecule has 2 heterocycles. The Morgan fingerprint density at radius 3 is 3.14 bits per heavy atom. The van der Waals surface area contributed by atoms with Crippen LogP contribution < -0.4 is 4.74 Å². The molecule has 0 unspecified atom stereocenters. The Bertz CT molecular complexity index is 517. The van der Waals surface area contributed by atoms with Gasteiger partial charge >= 0.3 is 0 Å². The van der Waals surface area contributed by atoms with Gasteiger partial charge in [0.2, 0.25) is 0 Å². The number of para-hydroxylation sites is 1. The van der Waals surface area contributed by atoms with Crippen LogP contribution in [0.2, 0.25) is 0 Å². The number of nitrogens with zero attached hydrogens (tertiary/aromatic N) is 1. The second kappa shape index (κ2) is 2.84. The third kappa shape index (κ3) is 1.08. The Hall–Kier alpha value is -1.83. The smallest absolute Gasteiger partial charge is 0.146 e. The molecule has 3 rings (SSSR count). The van der Waals surface area contributed by atoms with Gasteiger partial charge < -0.3 is 4.74 Å². The van der Waals surface area contributed by atoms with Crippen molar-refractivity contribution in [2.45, 2.75) is 0 Å². The number of ether oxygens (including phenoxy) is 1. The van der Waals surface area contributed by atoms with E-state index in [-0.39, 0.29) is 0 Å². The molecule has 1 aromatic carbocycles. The van der Waals surface area contributed by atoms with Gasteiger partial charge in [0.1, 0.15) is 18.1 Å². The Morgan fingerprint density at radius 2 is 2.14 bits per heavy atom. The summed E-state index contributed by atoms with van der Waals surface area (Å²) >= 11 is 0. The lowest BCUT2D eigenvalue weighted by molar-refractivity contribution is 0.357. The zero-order valence-electron chi connectivity index (χ0n) is 7.60. The summed E-state index contributed by atoms with van der Waals surface area (Å²) in [5, 5.41) is 1.13. The van der Waals surface area contributed by atoms with Crippen molar-refractivity contribution in [2.75, 3.05) is 6.61 Å². The molecule has 0 spiro atoms. The first-order valence-corrected chi connectivity index (χ1v) is 4.62. The SMILES string of the molecule is C1=Cc2nc3ccccc3cc2OC1. The van der Waals surface area contributed by atoms with Gasteiger partial charge in [-0.2, -0.15) is 0 Å². The van der Waals surface area contributed by atoms with E-state index in [1.807, 2.05) is 42.5 Å². The van der Waals surface area contributed by atoms with E-state index in [1.165, 1.54) is 0 Å². The number of pyridine rings is 1. The molecular weight excluding hydrogens is 174 g/mol. The maximum Gasteiger partial charge on any atom is 0.146 e. The highest BCUT2D eigenvalue weighted by molar-refractivity contribution is 5.82. The van der Waals surface area contributed by atoms with Crippen molar-refractivity contribution >= 4 is 17.0 Å². The lowest BCUT2D eigenvalue weighted by Crippen LogP contribution is -2.01. The zero-order valence-corrected chi connectivity index (χ0v) is 7.60. The van der Waals surface area contributed by atoms with Crippen molar-refractivity contribution in [1.29, 1.82) is 0 Å². The van der Waals surface area contributed by atoms with Crippen LogP contribution in [0.1, 0.15) is 5.69 Å². The van der Waals surface area contributed by atoms with Crippen LogP contribution in [-0.4, -0.2) is 11.6 Å². The fourth-order valence-corrected chi connectivity index (χ4v) is 1.64. The number of hydrogen-bond donors (Lipinski definition) is 0. The van der Waals surface area contributed by atoms with Crippen molar-refractivity contribution in [2.24, 2.45) is 0 Å². The van der Waals surface area contributed by atoms with Crippen LogP contribution in [0, 0.1) is 0 Å². The normalized spacial score (nSPS) is 13.7. The molecule has 1 aliphatic rings. The highest BCUT2D eigenvalue weighted by Gasteiger charge is 2.07. The van der Waals surface area contributed by atoms with Crippen LogP contribution in [0.5, 0.6) is 5.75 Å². The van der Waals surface area contributed by atoms with Gasteiger partial charge in [-0.25, -0.2) is 4.98 Å². The molecule has 1 aromatic heterocycles. The highest BCUT2D eigenvalue weighted by atomic mass is 16.5. The van der Waals surface area contributed by atoms with Crippen molar-refractivity contribution in [1.82, 2.24) is 4.98 Å². The lowest BCUT2D eigenvalue weighted by Gasteiger charge is -2.11. The second-order valence-electron chi connectivity index (χ2n) is 3.28. The molecule has 0 amide bonds. The van der Waals surface area contributed by atoms with Crippen LogP contribution in [-0.2, 0) is 0 Å². The quantitative estimate of drug-likeness (QED) is 0.626. The zero-order chi connectivity index (χ0) is 9.38. The number of benzene rings is 1. The van der Waals surface area contributed by atoms with Crippen LogP contribution in [0.3, 0.4) is 0 Å². The summed E-state index contributed by atoms with van der Waals surface area (Å²) in [6.45, 7) is 0.646. The molecule has 0 radical (unpaired) electrons. The number of fused-ring (bicyclic) bond motifs is 2. The molecule has 0 aliphatic carbocycles. The standard InChI is InChI=1S/C12H9NO/c1-2-5-10-9(4-1)8-12-11(13-10)6-3-7-14-12/h1-6,8H,7H2. The summed E-state index contributed by atoms with van der Waals surface area (Å²) in [4.78, 5) is 4.50. The van der Waals surface area contributed by atoms with Gasteiger partial charge in [-0.3, -0.25) is 0 Å². The summed E-state index contributed by atoms with van der Waals surface area (Å²) in [6, 6.07) is 10.1. The molecule has 2 heteroatoms. The van der Waals surface area contributed by atoms with Gasteiger partial charge in [0.15, 0.2) is 0 Å². The summed E-state index contributed by atoms with van der Waals surface area (Å²) in [5.41, 5.74) is 1.94. The minimum atomic E-state index is 0.646. The Morgan fingerprint density at radius 1 is 1.21 bits per heavy atom. The van der Waals surface area contributed by atoms with E-state index in [9.17, 15) is 0 Å². The molecule has 2 nitrogen and oxygen atoms in total. The molecule has 0 atom stereocenters. The van der Waals surface area contributed by atoms with Crippen LogP contribution in [0.4, 0.5) is 0 Å². The third-order valence-electron chi connectivity index (χ3n) is 2.33. The average molecular weight is 183 g/mol. The Kier molecular flexibility index (Phi) is 1.53. The van der Waals surface area contributed by atoms with Gasteiger partial charge in [0.05, 0.1) is 5.52 Å². The fraction of sp³-hybridized carbons (Fsp3) is 0.0833. The van der Waals surface area contributed by atoms with E-state index in [4.69, 9.17) is 4.74 Å². The van der Waals surface area contributed by atoms with Gasteiger partial charge in [-0.15, -0.1) is 0 Å². The molecule has 2 aromatic rings. The fourth-order valence-electron chi connectivity index (χ4n) is 1.64. The van der Waals surface area contributed by atoms with Crippen LogP contribution in [0.25, 0.3) is 17.0 Å². The van der Waals surface area contributed by atoms with Gasteiger partial charge in [-0.05, 0) is 24.3 Å². The minimum absolute atomic E-state index is 0.646. The first-order chi connectivity index (χ1) is 6.93. The molecule has 0 N–H and O–H groups in total. The first-order valence-electron chi connectivity index (χ1n) is 4.62. The van der Waals surface area contributed by atoms with Crippen molar-refractivity contribution in [3.63, 3.8) is 0 Å². The summed E-state index contributed by atoms with van der Waals surface area (Å²) < 4.78 is 5.48. The maximum atomic E-state index is 5.48. The van der Waals surface area contributed by atoms with Crippen LogP contribution in [0.15, 0.2) is 36.4 Å². The summed E-state index contributed by atoms with van der Waals surface area (Å²) in [5.74, 6) is 0.881. The van der Waals surface area contributed by atoms with Gasteiger partial charge in [-0.1, -0.05) is 18.2 Å². The summed E-state index contributed by atoms with van der Waals surface area (Å²) in [6.07, 6.45) is 3.98. The second-order valence-corrected chi connectivity index (χ2v) is 3.28. The van der Waals surface area contributed by atoms with Crippen molar-refractivity contribution in [3.8, 4) is 5.75 Å². The Balaban J connectivity index is 2.34. The minimum Gasteiger partial charge on any atom is -0.487 e.